The van der Waals surface area contributed by atoms with Gasteiger partial charge in [-0.25, -0.2) is 15.3 Å². The van der Waals surface area contributed by atoms with Gasteiger partial charge in [-0.15, -0.1) is 4.48 Å². The molecule has 0 fully saturated rings. The second-order valence-electron chi connectivity index (χ2n) is 1.80. The Hall–Kier alpha value is -1.65. The number of hydrogen-bond acceptors (Lipinski definition) is 3. The molecule has 1 rings (SSSR count). The van der Waals surface area contributed by atoms with Crippen LogP contribution in [0.4, 0.5) is 10.3 Å². The highest BCUT2D eigenvalue weighted by Crippen LogP contribution is 2.10. The maximum Gasteiger partial charge on any atom is 0.339 e. The van der Waals surface area contributed by atoms with Crippen molar-refractivity contribution in [1.29, 1.82) is 0 Å². The van der Waals surface area contributed by atoms with Crippen molar-refractivity contribution in [2.75, 3.05) is 5.54 Å². The van der Waals surface area contributed by atoms with Crippen LogP contribution in [0.25, 0.3) is 0 Å². The lowest BCUT2D eigenvalue weighted by molar-refractivity contribution is 0.0697. The Morgan fingerprint density at radius 3 is 2.91 bits per heavy atom. The molecule has 0 spiro atoms. The first-order valence-electron chi connectivity index (χ1n) is 2.80. The third-order valence-electron chi connectivity index (χ3n) is 1.13. The summed E-state index contributed by atoms with van der Waals surface area (Å²) in [5.41, 5.74) is 1.000. The number of nitrogens with zero attached hydrogens (tertiary/aromatic N) is 1. The van der Waals surface area contributed by atoms with Gasteiger partial charge in [0.15, 0.2) is 5.82 Å². The summed E-state index contributed by atoms with van der Waals surface area (Å²) in [7, 11) is 0. The first-order chi connectivity index (χ1) is 5.25. The van der Waals surface area contributed by atoms with Crippen LogP contribution in [0, 0.1) is 0 Å². The first-order valence-corrected chi connectivity index (χ1v) is 2.80. The van der Waals surface area contributed by atoms with Gasteiger partial charge in [-0.1, -0.05) is 0 Å². The van der Waals surface area contributed by atoms with E-state index in [9.17, 15) is 9.28 Å². The molecule has 1 aromatic rings. The van der Waals surface area contributed by atoms with E-state index in [1.165, 1.54) is 23.9 Å². The molecule has 0 aliphatic rings. The van der Waals surface area contributed by atoms with Crippen LogP contribution < -0.4 is 5.54 Å². The Kier molecular flexibility index (Phi) is 2.00. The second kappa shape index (κ2) is 2.96. The van der Waals surface area contributed by atoms with Gasteiger partial charge in [0.25, 0.3) is 0 Å². The quantitative estimate of drug-likeness (QED) is 0.629. The topological polar surface area (TPSA) is 62.2 Å². The minimum atomic E-state index is -1.21. The van der Waals surface area contributed by atoms with Crippen molar-refractivity contribution >= 4 is 11.8 Å². The second-order valence-corrected chi connectivity index (χ2v) is 1.80. The highest BCUT2D eigenvalue weighted by atomic mass is 19.2. The number of carboxylic acids is 1. The van der Waals surface area contributed by atoms with E-state index in [1.807, 2.05) is 0 Å². The molecule has 0 saturated heterocycles. The van der Waals surface area contributed by atoms with Gasteiger partial charge in [0.1, 0.15) is 5.56 Å². The summed E-state index contributed by atoms with van der Waals surface area (Å²) in [5, 5.41) is 8.45. The van der Waals surface area contributed by atoms with E-state index in [-0.39, 0.29) is 11.4 Å². The normalized spacial score (nSPS) is 9.18. The van der Waals surface area contributed by atoms with Gasteiger partial charge in [0.05, 0.1) is 0 Å². The van der Waals surface area contributed by atoms with Crippen LogP contribution in [0.15, 0.2) is 18.3 Å². The summed E-state index contributed by atoms with van der Waals surface area (Å²) in [6.07, 6.45) is 1.30. The Bertz CT molecular complexity index is 277. The predicted octanol–water partition coefficient (Wildman–Crippen LogP) is 1.08. The summed E-state index contributed by atoms with van der Waals surface area (Å²) < 4.78 is 11.8. The zero-order valence-electron chi connectivity index (χ0n) is 5.41. The van der Waals surface area contributed by atoms with E-state index in [0.717, 1.165) is 0 Å². The molecule has 2 N–H and O–H groups in total. The van der Waals surface area contributed by atoms with Crippen molar-refractivity contribution in [3.8, 4) is 0 Å². The molecule has 0 aliphatic carbocycles. The first kappa shape index (κ1) is 7.46. The summed E-state index contributed by atoms with van der Waals surface area (Å²) in [6.45, 7) is 0. The highest BCUT2D eigenvalue weighted by Gasteiger charge is 2.08. The number of aromatic nitrogens is 1. The molecule has 0 unspecified atom stereocenters. The Morgan fingerprint density at radius 2 is 2.45 bits per heavy atom. The number of aromatic carboxylic acids is 1. The highest BCUT2D eigenvalue weighted by molar-refractivity contribution is 5.92. The third kappa shape index (κ3) is 1.43. The zero-order chi connectivity index (χ0) is 8.27. The van der Waals surface area contributed by atoms with E-state index in [0.29, 0.717) is 0 Å². The fourth-order valence-corrected chi connectivity index (χ4v) is 0.653. The number of rotatable bonds is 2. The van der Waals surface area contributed by atoms with Crippen LogP contribution in [0.5, 0.6) is 0 Å². The van der Waals surface area contributed by atoms with Crippen LogP contribution in [0.2, 0.25) is 0 Å². The van der Waals surface area contributed by atoms with E-state index < -0.39 is 5.97 Å². The lowest BCUT2D eigenvalue weighted by Crippen LogP contribution is -2.01. The van der Waals surface area contributed by atoms with Gasteiger partial charge in [-0.05, 0) is 12.1 Å². The van der Waals surface area contributed by atoms with Crippen LogP contribution in [-0.4, -0.2) is 16.1 Å². The summed E-state index contributed by atoms with van der Waals surface area (Å²) >= 11 is 0. The fraction of sp³-hybridized carbons (Fsp3) is 0. The average Bonchev–Trinajstić information content (AvgIpc) is 2.04. The standard InChI is InChI=1S/C6H5FN2O2/c7-9-5-4(6(10)11)2-1-3-8-5/h1-3H,(H,8,9)(H,10,11). The van der Waals surface area contributed by atoms with E-state index in [2.05, 4.69) is 4.98 Å². The van der Waals surface area contributed by atoms with Crippen molar-refractivity contribution in [3.63, 3.8) is 0 Å². The van der Waals surface area contributed by atoms with Gasteiger partial charge in [0.2, 0.25) is 0 Å². The molecule has 58 valence electrons. The minimum Gasteiger partial charge on any atom is -0.478 e. The number of carboxylic acid groups (broad SMARTS) is 1. The molecule has 0 aromatic carbocycles. The maximum absolute atomic E-state index is 11.8. The van der Waals surface area contributed by atoms with Gasteiger partial charge >= 0.3 is 5.97 Å². The molecule has 0 atom stereocenters. The van der Waals surface area contributed by atoms with Crippen molar-refractivity contribution < 1.29 is 14.4 Å². The number of halogens is 1. The molecule has 1 heterocycles. The fourth-order valence-electron chi connectivity index (χ4n) is 0.653. The number of hydrogen-bond donors (Lipinski definition) is 2. The van der Waals surface area contributed by atoms with Gasteiger partial charge in [0, 0.05) is 6.20 Å². The molecule has 1 aromatic heterocycles. The molecular weight excluding hydrogens is 151 g/mol. The Labute approximate surface area is 61.6 Å². The average molecular weight is 156 g/mol. The minimum absolute atomic E-state index is 0.185. The molecular formula is C6H5FN2O2. The lowest BCUT2D eigenvalue weighted by Gasteiger charge is -1.98. The monoisotopic (exact) mass is 156 g/mol. The van der Waals surface area contributed by atoms with Crippen molar-refractivity contribution in [3.05, 3.63) is 23.9 Å². The molecule has 0 amide bonds. The van der Waals surface area contributed by atoms with Crippen LogP contribution in [-0.2, 0) is 0 Å². The van der Waals surface area contributed by atoms with Gasteiger partial charge in [-0.2, -0.15) is 0 Å². The van der Waals surface area contributed by atoms with E-state index >= 15 is 0 Å². The molecule has 0 bridgehead atoms. The molecule has 5 heteroatoms. The predicted molar refractivity (Wildman–Crippen MR) is 35.9 cm³/mol. The van der Waals surface area contributed by atoms with Crippen molar-refractivity contribution in [2.45, 2.75) is 0 Å². The third-order valence-corrected chi connectivity index (χ3v) is 1.13. The number of pyridine rings is 1. The van der Waals surface area contributed by atoms with Crippen molar-refractivity contribution in [2.24, 2.45) is 0 Å². The van der Waals surface area contributed by atoms with Gasteiger partial charge < -0.3 is 5.11 Å². The van der Waals surface area contributed by atoms with E-state index in [1.54, 1.807) is 0 Å². The van der Waals surface area contributed by atoms with Gasteiger partial charge in [-0.3, -0.25) is 0 Å². The number of nitrogens with one attached hydrogen (secondary N) is 1. The van der Waals surface area contributed by atoms with Crippen molar-refractivity contribution in [1.82, 2.24) is 4.98 Å². The van der Waals surface area contributed by atoms with E-state index in [4.69, 9.17) is 5.11 Å². The smallest absolute Gasteiger partial charge is 0.339 e. The molecule has 4 nitrogen and oxygen atoms in total. The van der Waals surface area contributed by atoms with Crippen LogP contribution >= 0.6 is 0 Å². The maximum atomic E-state index is 11.8. The summed E-state index contributed by atoms with van der Waals surface area (Å²) in [5.74, 6) is -1.49. The Morgan fingerprint density at radius 1 is 1.73 bits per heavy atom. The van der Waals surface area contributed by atoms with Crippen LogP contribution in [0.1, 0.15) is 10.4 Å². The lowest BCUT2D eigenvalue weighted by atomic mass is 10.3. The molecule has 0 radical (unpaired) electrons. The number of carbonyl (C=O) groups is 1. The molecule has 0 saturated carbocycles. The zero-order valence-corrected chi connectivity index (χ0v) is 5.41. The molecule has 0 aliphatic heterocycles. The summed E-state index contributed by atoms with van der Waals surface area (Å²) in [4.78, 5) is 13.8. The van der Waals surface area contributed by atoms with Crippen LogP contribution in [0.3, 0.4) is 0 Å². The SMILES string of the molecule is O=C(O)c1cccnc1NF. The molecule has 11 heavy (non-hydrogen) atoms. The Balaban J connectivity index is 3.12. The number of anilines is 1. The largest absolute Gasteiger partial charge is 0.478 e. The summed E-state index contributed by atoms with van der Waals surface area (Å²) in [6, 6.07) is 2.68.